The molecular weight excluding hydrogens is 346 g/mol. The molecule has 0 saturated carbocycles. The highest BCUT2D eigenvalue weighted by Crippen LogP contribution is 2.25. The summed E-state index contributed by atoms with van der Waals surface area (Å²) in [6, 6.07) is 20.0. The Bertz CT molecular complexity index is 971. The first kappa shape index (κ1) is 17.9. The van der Waals surface area contributed by atoms with Gasteiger partial charge in [0.1, 0.15) is 5.82 Å². The Balaban J connectivity index is 1.82. The Kier molecular flexibility index (Phi) is 5.23. The zero-order valence-electron chi connectivity index (χ0n) is 14.8. The molecule has 3 rings (SSSR count). The van der Waals surface area contributed by atoms with Crippen LogP contribution in [0.4, 0.5) is 17.2 Å². The van der Waals surface area contributed by atoms with Crippen LogP contribution < -0.4 is 9.62 Å². The van der Waals surface area contributed by atoms with E-state index in [2.05, 4.69) is 27.6 Å². The van der Waals surface area contributed by atoms with Crippen molar-refractivity contribution in [3.05, 3.63) is 78.5 Å². The third kappa shape index (κ3) is 4.03. The number of sulfonamides is 1. The minimum atomic E-state index is -3.61. The molecule has 0 spiro atoms. The number of aryl methyl sites for hydroxylation is 1. The van der Waals surface area contributed by atoms with Crippen LogP contribution >= 0.6 is 0 Å². The lowest BCUT2D eigenvalue weighted by Gasteiger charge is -2.22. The number of pyridine rings is 1. The van der Waals surface area contributed by atoms with Crippen molar-refractivity contribution >= 4 is 27.2 Å². The maximum atomic E-state index is 12.4. The third-order valence-electron chi connectivity index (χ3n) is 3.96. The number of anilines is 3. The molecule has 0 saturated heterocycles. The molecule has 0 unspecified atom stereocenters. The molecule has 1 N–H and O–H groups in total. The summed E-state index contributed by atoms with van der Waals surface area (Å²) < 4.78 is 27.3. The molecule has 1 aromatic heterocycles. The molecule has 6 heteroatoms. The molecule has 3 aromatic rings. The van der Waals surface area contributed by atoms with Gasteiger partial charge in [0.25, 0.3) is 10.0 Å². The molecule has 0 atom stereocenters. The van der Waals surface area contributed by atoms with Crippen LogP contribution in [0.3, 0.4) is 0 Å². The van der Waals surface area contributed by atoms with Crippen molar-refractivity contribution in [3.8, 4) is 0 Å². The van der Waals surface area contributed by atoms with Crippen molar-refractivity contribution in [2.24, 2.45) is 0 Å². The van der Waals surface area contributed by atoms with E-state index >= 15 is 0 Å². The Hall–Kier alpha value is -2.86. The molecule has 0 fully saturated rings. The van der Waals surface area contributed by atoms with Gasteiger partial charge >= 0.3 is 0 Å². The van der Waals surface area contributed by atoms with Crippen LogP contribution in [0.25, 0.3) is 0 Å². The van der Waals surface area contributed by atoms with E-state index in [1.165, 1.54) is 11.8 Å². The molecule has 5 nitrogen and oxygen atoms in total. The molecule has 134 valence electrons. The predicted octanol–water partition coefficient (Wildman–Crippen LogP) is 4.35. The van der Waals surface area contributed by atoms with Gasteiger partial charge in [-0.1, -0.05) is 30.3 Å². The Morgan fingerprint density at radius 3 is 2.38 bits per heavy atom. The first-order valence-electron chi connectivity index (χ1n) is 8.38. The molecular formula is C20H21N3O2S. The van der Waals surface area contributed by atoms with Crippen LogP contribution in [0.15, 0.2) is 77.8 Å². The van der Waals surface area contributed by atoms with Gasteiger partial charge < -0.3 is 4.90 Å². The van der Waals surface area contributed by atoms with Gasteiger partial charge in [0.15, 0.2) is 0 Å². The van der Waals surface area contributed by atoms with Crippen LogP contribution in [0.1, 0.15) is 12.5 Å². The van der Waals surface area contributed by atoms with Gasteiger partial charge in [-0.05, 0) is 55.8 Å². The number of rotatable bonds is 6. The van der Waals surface area contributed by atoms with E-state index in [1.54, 1.807) is 36.4 Å². The highest BCUT2D eigenvalue weighted by Gasteiger charge is 2.14. The molecule has 1 heterocycles. The standard InChI is InChI=1S/C20H21N3O2S/c1-3-23(18-9-7-8-16(2)14-18)20-13-12-17(15-21-20)22-26(24,25)19-10-5-4-6-11-19/h4-15,22H,3H2,1-2H3. The summed E-state index contributed by atoms with van der Waals surface area (Å²) in [7, 11) is -3.61. The minimum Gasteiger partial charge on any atom is -0.327 e. The smallest absolute Gasteiger partial charge is 0.261 e. The third-order valence-corrected chi connectivity index (χ3v) is 5.36. The summed E-state index contributed by atoms with van der Waals surface area (Å²) in [6.45, 7) is 4.85. The van der Waals surface area contributed by atoms with Gasteiger partial charge in [-0.3, -0.25) is 4.72 Å². The van der Waals surface area contributed by atoms with Crippen molar-refractivity contribution in [1.29, 1.82) is 0 Å². The van der Waals surface area contributed by atoms with Gasteiger partial charge in [-0.25, -0.2) is 13.4 Å². The zero-order valence-corrected chi connectivity index (χ0v) is 15.6. The minimum absolute atomic E-state index is 0.221. The first-order valence-corrected chi connectivity index (χ1v) is 9.86. The molecule has 0 amide bonds. The Labute approximate surface area is 154 Å². The highest BCUT2D eigenvalue weighted by atomic mass is 32.2. The second-order valence-electron chi connectivity index (χ2n) is 5.91. The van der Waals surface area contributed by atoms with Crippen molar-refractivity contribution in [2.45, 2.75) is 18.7 Å². The molecule has 0 aliphatic rings. The molecule has 26 heavy (non-hydrogen) atoms. The van der Waals surface area contributed by atoms with Crippen LogP contribution in [-0.2, 0) is 10.0 Å². The van der Waals surface area contributed by atoms with E-state index < -0.39 is 10.0 Å². The van der Waals surface area contributed by atoms with Gasteiger partial charge in [0.05, 0.1) is 16.8 Å². The van der Waals surface area contributed by atoms with E-state index in [0.29, 0.717) is 5.69 Å². The summed E-state index contributed by atoms with van der Waals surface area (Å²) in [5.74, 6) is 0.765. The lowest BCUT2D eigenvalue weighted by molar-refractivity contribution is 0.601. The average Bonchev–Trinajstić information content (AvgIpc) is 2.64. The fraction of sp³-hybridized carbons (Fsp3) is 0.150. The average molecular weight is 367 g/mol. The van der Waals surface area contributed by atoms with Crippen molar-refractivity contribution < 1.29 is 8.42 Å². The maximum absolute atomic E-state index is 12.4. The van der Waals surface area contributed by atoms with Gasteiger partial charge in [-0.2, -0.15) is 0 Å². The molecule has 0 aliphatic heterocycles. The monoisotopic (exact) mass is 367 g/mol. The van der Waals surface area contributed by atoms with E-state index in [1.807, 2.05) is 31.2 Å². The topological polar surface area (TPSA) is 62.3 Å². The van der Waals surface area contributed by atoms with Crippen LogP contribution in [0.5, 0.6) is 0 Å². The van der Waals surface area contributed by atoms with Gasteiger partial charge in [0, 0.05) is 12.2 Å². The Morgan fingerprint density at radius 2 is 1.77 bits per heavy atom. The van der Waals surface area contributed by atoms with Crippen molar-refractivity contribution in [1.82, 2.24) is 4.98 Å². The second kappa shape index (κ2) is 7.58. The van der Waals surface area contributed by atoms with Crippen molar-refractivity contribution in [3.63, 3.8) is 0 Å². The maximum Gasteiger partial charge on any atom is 0.261 e. The lowest BCUT2D eigenvalue weighted by Crippen LogP contribution is -2.18. The molecule has 0 aliphatic carbocycles. The largest absolute Gasteiger partial charge is 0.327 e. The Morgan fingerprint density at radius 1 is 1.00 bits per heavy atom. The van der Waals surface area contributed by atoms with Gasteiger partial charge in [-0.15, -0.1) is 0 Å². The number of benzene rings is 2. The number of nitrogens with zero attached hydrogens (tertiary/aromatic N) is 2. The number of hydrogen-bond donors (Lipinski definition) is 1. The SMILES string of the molecule is CCN(c1cccc(C)c1)c1ccc(NS(=O)(=O)c2ccccc2)cn1. The molecule has 2 aromatic carbocycles. The summed E-state index contributed by atoms with van der Waals surface area (Å²) in [6.07, 6.45) is 1.54. The first-order chi connectivity index (χ1) is 12.5. The summed E-state index contributed by atoms with van der Waals surface area (Å²) in [5.41, 5.74) is 2.66. The van der Waals surface area contributed by atoms with Crippen molar-refractivity contribution in [2.75, 3.05) is 16.2 Å². The number of nitrogens with one attached hydrogen (secondary N) is 1. The van der Waals surface area contributed by atoms with Crippen LogP contribution in [-0.4, -0.2) is 19.9 Å². The van der Waals surface area contributed by atoms with Crippen LogP contribution in [0, 0.1) is 6.92 Å². The van der Waals surface area contributed by atoms with Crippen LogP contribution in [0.2, 0.25) is 0 Å². The lowest BCUT2D eigenvalue weighted by atomic mass is 10.2. The fourth-order valence-electron chi connectivity index (χ4n) is 2.69. The summed E-state index contributed by atoms with van der Waals surface area (Å²) in [5, 5.41) is 0. The second-order valence-corrected chi connectivity index (χ2v) is 7.59. The fourth-order valence-corrected chi connectivity index (χ4v) is 3.76. The highest BCUT2D eigenvalue weighted by molar-refractivity contribution is 7.92. The molecule has 0 radical (unpaired) electrons. The van der Waals surface area contributed by atoms with E-state index in [-0.39, 0.29) is 4.90 Å². The summed E-state index contributed by atoms with van der Waals surface area (Å²) >= 11 is 0. The number of aromatic nitrogens is 1. The van der Waals surface area contributed by atoms with E-state index in [9.17, 15) is 8.42 Å². The van der Waals surface area contributed by atoms with E-state index in [4.69, 9.17) is 0 Å². The number of hydrogen-bond acceptors (Lipinski definition) is 4. The summed E-state index contributed by atoms with van der Waals surface area (Å²) in [4.78, 5) is 6.73. The molecule has 0 bridgehead atoms. The normalized spacial score (nSPS) is 11.2. The quantitative estimate of drug-likeness (QED) is 0.704. The zero-order chi connectivity index (χ0) is 18.6. The van der Waals surface area contributed by atoms with E-state index in [0.717, 1.165) is 18.1 Å². The van der Waals surface area contributed by atoms with Gasteiger partial charge in [0.2, 0.25) is 0 Å². The predicted molar refractivity (Wildman–Crippen MR) is 105 cm³/mol.